The van der Waals surface area contributed by atoms with Crippen molar-refractivity contribution in [3.05, 3.63) is 64.1 Å². The minimum Gasteiger partial charge on any atom is -0.758 e. The molecule has 0 fully saturated rings. The number of rotatable bonds is 7. The van der Waals surface area contributed by atoms with Crippen molar-refractivity contribution in [1.29, 1.82) is 0 Å². The van der Waals surface area contributed by atoms with Crippen LogP contribution in [0.15, 0.2) is 53.3 Å². The quantitative estimate of drug-likeness (QED) is 0.610. The zero-order valence-corrected chi connectivity index (χ0v) is 18.7. The predicted molar refractivity (Wildman–Crippen MR) is 122 cm³/mol. The Balaban J connectivity index is 1.70. The molecule has 0 aliphatic carbocycles. The average molecular weight is 413 g/mol. The van der Waals surface area contributed by atoms with Crippen LogP contribution in [0.2, 0.25) is 0 Å². The third-order valence-corrected chi connectivity index (χ3v) is 6.11. The van der Waals surface area contributed by atoms with Crippen LogP contribution in [-0.4, -0.2) is 34.1 Å². The van der Waals surface area contributed by atoms with E-state index in [1.165, 1.54) is 11.1 Å². The normalized spacial score (nSPS) is 25.4. The van der Waals surface area contributed by atoms with Gasteiger partial charge in [0.15, 0.2) is 6.10 Å². The summed E-state index contributed by atoms with van der Waals surface area (Å²) in [4.78, 5) is 0. The molecule has 0 spiro atoms. The molecule has 0 amide bonds. The number of aliphatic hydroxyl groups is 2. The van der Waals surface area contributed by atoms with Crippen LogP contribution in [0.3, 0.4) is 0 Å². The van der Waals surface area contributed by atoms with E-state index in [2.05, 4.69) is 32.9 Å². The molecule has 2 heterocycles. The first-order valence-corrected chi connectivity index (χ1v) is 10.8. The van der Waals surface area contributed by atoms with Crippen molar-refractivity contribution < 1.29 is 14.9 Å². The Labute approximate surface area is 179 Å². The van der Waals surface area contributed by atoms with Gasteiger partial charge in [-0.05, 0) is 66.4 Å². The van der Waals surface area contributed by atoms with E-state index in [-0.39, 0.29) is 0 Å². The van der Waals surface area contributed by atoms with Gasteiger partial charge in [0.05, 0.1) is 6.04 Å². The number of anilines is 1. The van der Waals surface area contributed by atoms with Gasteiger partial charge < -0.3 is 25.2 Å². The number of hydroxylamine groups is 1. The maximum Gasteiger partial charge on any atom is 0.157 e. The third kappa shape index (κ3) is 4.48. The van der Waals surface area contributed by atoms with Crippen LogP contribution in [0.5, 0.6) is 0 Å². The highest BCUT2D eigenvalue weighted by Crippen LogP contribution is 2.47. The topological polar surface area (TPSA) is 76.0 Å². The molecule has 0 saturated heterocycles. The first kappa shape index (κ1) is 22.6. The number of fused-ring (bicyclic) bond motifs is 2. The molecule has 30 heavy (non-hydrogen) atoms. The molecule has 164 valence electrons. The molecule has 2 aliphatic rings. The number of benzene rings is 1. The second-order valence-corrected chi connectivity index (χ2v) is 9.05. The Morgan fingerprint density at radius 2 is 1.90 bits per heavy atom. The SMILES string of the molecule is CC(C)=CCCC(C)=CCCC(C)(O)C1OC2=C(c3ccccc3N([O-])C2C)C1O. The van der Waals surface area contributed by atoms with E-state index in [1.807, 2.05) is 18.2 Å². The first-order chi connectivity index (χ1) is 14.1. The van der Waals surface area contributed by atoms with Crippen molar-refractivity contribution in [2.24, 2.45) is 0 Å². The molecular weight excluding hydrogens is 378 g/mol. The summed E-state index contributed by atoms with van der Waals surface area (Å²) in [6, 6.07) is 6.69. The van der Waals surface area contributed by atoms with Crippen molar-refractivity contribution in [2.45, 2.75) is 84.2 Å². The molecule has 0 radical (unpaired) electrons. The van der Waals surface area contributed by atoms with Crippen LogP contribution >= 0.6 is 0 Å². The number of hydrogen-bond donors (Lipinski definition) is 2. The fourth-order valence-corrected chi connectivity index (χ4v) is 4.30. The van der Waals surface area contributed by atoms with Crippen molar-refractivity contribution >= 4 is 11.3 Å². The van der Waals surface area contributed by atoms with Crippen molar-refractivity contribution in [1.82, 2.24) is 0 Å². The van der Waals surface area contributed by atoms with Gasteiger partial charge in [0, 0.05) is 16.8 Å². The van der Waals surface area contributed by atoms with Crippen LogP contribution in [0.4, 0.5) is 5.69 Å². The van der Waals surface area contributed by atoms with Crippen LogP contribution in [-0.2, 0) is 4.74 Å². The fourth-order valence-electron chi connectivity index (χ4n) is 4.30. The lowest BCUT2D eigenvalue weighted by molar-refractivity contribution is -0.104. The van der Waals surface area contributed by atoms with Gasteiger partial charge in [0.25, 0.3) is 0 Å². The van der Waals surface area contributed by atoms with Gasteiger partial charge in [-0.15, -0.1) is 0 Å². The molecule has 3 rings (SSSR count). The zero-order valence-electron chi connectivity index (χ0n) is 18.7. The van der Waals surface area contributed by atoms with Crippen LogP contribution in [0.1, 0.15) is 65.9 Å². The average Bonchev–Trinajstić information content (AvgIpc) is 3.04. The number of allylic oxidation sites excluding steroid dienone is 4. The summed E-state index contributed by atoms with van der Waals surface area (Å²) in [6.45, 7) is 9.78. The van der Waals surface area contributed by atoms with Gasteiger partial charge in [-0.25, -0.2) is 0 Å². The standard InChI is InChI=1S/C25H34NO4/c1-16(2)10-8-11-17(3)12-9-15-25(5,28)24-22(27)21-19-13-6-7-14-20(19)26(29)18(4)23(21)30-24/h6-7,10,12-14,18,22,24,27-28H,8-9,11,15H2,1-5H3/q-1. The Bertz CT molecular complexity index is 864. The first-order valence-electron chi connectivity index (χ1n) is 10.8. The summed E-state index contributed by atoms with van der Waals surface area (Å²) in [5, 5.41) is 35.8. The lowest BCUT2D eigenvalue weighted by atomic mass is 9.85. The Morgan fingerprint density at radius 1 is 1.20 bits per heavy atom. The van der Waals surface area contributed by atoms with Gasteiger partial charge in [0.2, 0.25) is 0 Å². The van der Waals surface area contributed by atoms with Crippen LogP contribution in [0, 0.1) is 5.21 Å². The maximum absolute atomic E-state index is 12.6. The van der Waals surface area contributed by atoms with E-state index < -0.39 is 23.9 Å². The number of nitrogens with zero attached hydrogens (tertiary/aromatic N) is 1. The fraction of sp³-hybridized carbons (Fsp3) is 0.520. The van der Waals surface area contributed by atoms with Crippen molar-refractivity contribution in [2.75, 3.05) is 5.06 Å². The zero-order chi connectivity index (χ0) is 22.1. The molecular formula is C25H34NO4-. The highest BCUT2D eigenvalue weighted by atomic mass is 16.5. The molecule has 0 aromatic heterocycles. The summed E-state index contributed by atoms with van der Waals surface area (Å²) in [5.74, 6) is 0.468. The molecule has 2 N–H and O–H groups in total. The monoisotopic (exact) mass is 412 g/mol. The minimum atomic E-state index is -1.23. The summed E-state index contributed by atoms with van der Waals surface area (Å²) in [7, 11) is 0. The Hall–Kier alpha value is -2.08. The van der Waals surface area contributed by atoms with Crippen LogP contribution in [0.25, 0.3) is 5.57 Å². The predicted octanol–water partition coefficient (Wildman–Crippen LogP) is 5.09. The summed E-state index contributed by atoms with van der Waals surface area (Å²) in [5.41, 5.74) is 3.22. The molecule has 0 saturated carbocycles. The lowest BCUT2D eigenvalue weighted by Crippen LogP contribution is -2.46. The summed E-state index contributed by atoms with van der Waals surface area (Å²) >= 11 is 0. The van der Waals surface area contributed by atoms with E-state index in [0.29, 0.717) is 35.4 Å². The Morgan fingerprint density at radius 3 is 2.60 bits per heavy atom. The minimum absolute atomic E-state index is 0.465. The van der Waals surface area contributed by atoms with E-state index in [4.69, 9.17) is 4.74 Å². The second kappa shape index (κ2) is 8.96. The summed E-state index contributed by atoms with van der Waals surface area (Å²) in [6.07, 6.45) is 5.78. The van der Waals surface area contributed by atoms with Gasteiger partial charge >= 0.3 is 0 Å². The van der Waals surface area contributed by atoms with Gasteiger partial charge in [-0.1, -0.05) is 41.5 Å². The molecule has 5 heteroatoms. The number of hydrogen-bond acceptors (Lipinski definition) is 5. The molecule has 4 atom stereocenters. The Kier molecular flexibility index (Phi) is 6.75. The largest absolute Gasteiger partial charge is 0.758 e. The number of aliphatic hydroxyl groups excluding tert-OH is 1. The molecule has 1 aromatic rings. The highest BCUT2D eigenvalue weighted by Gasteiger charge is 2.49. The van der Waals surface area contributed by atoms with Gasteiger partial charge in [-0.3, -0.25) is 0 Å². The summed E-state index contributed by atoms with van der Waals surface area (Å²) < 4.78 is 6.04. The molecule has 4 unspecified atom stereocenters. The van der Waals surface area contributed by atoms with Crippen molar-refractivity contribution in [3.8, 4) is 0 Å². The second-order valence-electron chi connectivity index (χ2n) is 9.05. The number of ether oxygens (including phenoxy) is 1. The molecule has 5 nitrogen and oxygen atoms in total. The highest BCUT2D eigenvalue weighted by molar-refractivity contribution is 5.86. The van der Waals surface area contributed by atoms with E-state index >= 15 is 0 Å². The lowest BCUT2D eigenvalue weighted by Gasteiger charge is -2.42. The van der Waals surface area contributed by atoms with Gasteiger partial charge in [-0.2, -0.15) is 0 Å². The molecule has 1 aromatic carbocycles. The van der Waals surface area contributed by atoms with Gasteiger partial charge in [0.1, 0.15) is 17.5 Å². The smallest absolute Gasteiger partial charge is 0.157 e. The molecule has 2 aliphatic heterocycles. The van der Waals surface area contributed by atoms with Crippen LogP contribution < -0.4 is 5.06 Å². The van der Waals surface area contributed by atoms with E-state index in [9.17, 15) is 15.4 Å². The molecule has 0 bridgehead atoms. The maximum atomic E-state index is 12.6. The van der Waals surface area contributed by atoms with E-state index in [0.717, 1.165) is 17.9 Å². The third-order valence-electron chi connectivity index (χ3n) is 6.11. The van der Waals surface area contributed by atoms with Crippen molar-refractivity contribution in [3.63, 3.8) is 0 Å². The van der Waals surface area contributed by atoms with E-state index in [1.54, 1.807) is 19.9 Å². The number of para-hydroxylation sites is 1.